The third-order valence-electron chi connectivity index (χ3n) is 2.55. The van der Waals surface area contributed by atoms with Gasteiger partial charge in [0.2, 0.25) is 0 Å². The van der Waals surface area contributed by atoms with Gasteiger partial charge in [0.1, 0.15) is 6.71 Å². The molecule has 0 saturated carbocycles. The number of hydrogen-bond acceptors (Lipinski definition) is 2. The van der Waals surface area contributed by atoms with E-state index in [1.54, 1.807) is 18.3 Å². The van der Waals surface area contributed by atoms with Crippen molar-refractivity contribution in [3.05, 3.63) is 30.1 Å². The molecule has 0 N–H and O–H groups in total. The molecule has 0 spiro atoms. The standard InChI is InChI=1S/C6H15B.C6H5NO/c1-4-7(5-2)6-3;8-5-6-2-1-3-7-4-6/h4-6H2,1-3H3;1-5H. The first-order valence-corrected chi connectivity index (χ1v) is 5.63. The fourth-order valence-corrected chi connectivity index (χ4v) is 1.31. The van der Waals surface area contributed by atoms with Gasteiger partial charge in [-0.1, -0.05) is 39.7 Å². The maximum absolute atomic E-state index is 9.97. The molecule has 2 nitrogen and oxygen atoms in total. The summed E-state index contributed by atoms with van der Waals surface area (Å²) in [6.07, 6.45) is 7.99. The van der Waals surface area contributed by atoms with Crippen molar-refractivity contribution in [3.63, 3.8) is 0 Å². The fourth-order valence-electron chi connectivity index (χ4n) is 1.31. The molecule has 0 aliphatic rings. The smallest absolute Gasteiger partial charge is 0.151 e. The van der Waals surface area contributed by atoms with E-state index >= 15 is 0 Å². The summed E-state index contributed by atoms with van der Waals surface area (Å²) in [5.41, 5.74) is 0.618. The van der Waals surface area contributed by atoms with Crippen LogP contribution >= 0.6 is 0 Å². The van der Waals surface area contributed by atoms with Gasteiger partial charge in [-0.15, -0.1) is 0 Å². The van der Waals surface area contributed by atoms with Gasteiger partial charge in [-0.05, 0) is 12.1 Å². The molecule has 0 aromatic carbocycles. The quantitative estimate of drug-likeness (QED) is 0.556. The van der Waals surface area contributed by atoms with Crippen molar-refractivity contribution in [2.45, 2.75) is 39.7 Å². The summed E-state index contributed by atoms with van der Waals surface area (Å²) in [5.74, 6) is 0. The van der Waals surface area contributed by atoms with Crippen LogP contribution in [0.15, 0.2) is 24.5 Å². The largest absolute Gasteiger partial charge is 0.298 e. The topological polar surface area (TPSA) is 30.0 Å². The first-order valence-electron chi connectivity index (χ1n) is 5.63. The average molecular weight is 205 g/mol. The molecular weight excluding hydrogens is 185 g/mol. The summed E-state index contributed by atoms with van der Waals surface area (Å²) in [6.45, 7) is 7.77. The third-order valence-corrected chi connectivity index (χ3v) is 2.55. The summed E-state index contributed by atoms with van der Waals surface area (Å²) >= 11 is 0. The van der Waals surface area contributed by atoms with E-state index in [-0.39, 0.29) is 0 Å². The second-order valence-electron chi connectivity index (χ2n) is 3.49. The first kappa shape index (κ1) is 13.9. The van der Waals surface area contributed by atoms with E-state index in [0.29, 0.717) is 5.56 Å². The zero-order chi connectivity index (χ0) is 11.5. The fraction of sp³-hybridized carbons (Fsp3) is 0.500. The molecule has 0 radical (unpaired) electrons. The predicted molar refractivity (Wildman–Crippen MR) is 66.8 cm³/mol. The summed E-state index contributed by atoms with van der Waals surface area (Å²) < 4.78 is 0. The summed E-state index contributed by atoms with van der Waals surface area (Å²) in [4.78, 5) is 13.7. The van der Waals surface area contributed by atoms with Gasteiger partial charge in [-0.2, -0.15) is 0 Å². The van der Waals surface area contributed by atoms with Crippen LogP contribution in [0.1, 0.15) is 31.1 Å². The van der Waals surface area contributed by atoms with Gasteiger partial charge < -0.3 is 0 Å². The zero-order valence-electron chi connectivity index (χ0n) is 9.94. The molecule has 15 heavy (non-hydrogen) atoms. The summed E-state index contributed by atoms with van der Waals surface area (Å²) in [5, 5.41) is 0. The van der Waals surface area contributed by atoms with Crippen molar-refractivity contribution < 1.29 is 4.79 Å². The Morgan fingerprint density at radius 3 is 2.07 bits per heavy atom. The number of pyridine rings is 1. The van der Waals surface area contributed by atoms with E-state index in [9.17, 15) is 4.79 Å². The van der Waals surface area contributed by atoms with Crippen LogP contribution in [0, 0.1) is 0 Å². The van der Waals surface area contributed by atoms with Crippen LogP contribution in [-0.2, 0) is 0 Å². The van der Waals surface area contributed by atoms with Crippen LogP contribution in [0.2, 0.25) is 19.0 Å². The maximum atomic E-state index is 9.97. The van der Waals surface area contributed by atoms with E-state index in [2.05, 4.69) is 25.8 Å². The van der Waals surface area contributed by atoms with Crippen LogP contribution < -0.4 is 0 Å². The molecule has 82 valence electrons. The first-order chi connectivity index (χ1) is 7.28. The molecule has 3 heteroatoms. The number of aromatic nitrogens is 1. The van der Waals surface area contributed by atoms with Crippen LogP contribution in [-0.4, -0.2) is 18.0 Å². The minimum atomic E-state index is 0.618. The van der Waals surface area contributed by atoms with Gasteiger partial charge in [0.15, 0.2) is 6.29 Å². The van der Waals surface area contributed by atoms with Gasteiger partial charge in [0.05, 0.1) is 0 Å². The molecule has 0 fully saturated rings. The van der Waals surface area contributed by atoms with E-state index in [0.717, 1.165) is 13.0 Å². The Balaban J connectivity index is 0.000000265. The second kappa shape index (κ2) is 9.44. The predicted octanol–water partition coefficient (Wildman–Crippen LogP) is 3.44. The Morgan fingerprint density at radius 1 is 1.27 bits per heavy atom. The molecule has 0 unspecified atom stereocenters. The highest BCUT2D eigenvalue weighted by atomic mass is 16.1. The minimum Gasteiger partial charge on any atom is -0.298 e. The lowest BCUT2D eigenvalue weighted by Gasteiger charge is -2.00. The molecule has 1 aromatic rings. The highest BCUT2D eigenvalue weighted by Gasteiger charge is 2.01. The number of nitrogens with zero attached hydrogens (tertiary/aromatic N) is 1. The van der Waals surface area contributed by atoms with Gasteiger partial charge in [0.25, 0.3) is 0 Å². The molecule has 1 aromatic heterocycles. The summed E-state index contributed by atoms with van der Waals surface area (Å²) in [7, 11) is 0. The van der Waals surface area contributed by atoms with E-state index in [4.69, 9.17) is 0 Å². The minimum absolute atomic E-state index is 0.618. The molecule has 0 aliphatic carbocycles. The molecule has 0 amide bonds. The van der Waals surface area contributed by atoms with Gasteiger partial charge in [-0.3, -0.25) is 9.78 Å². The number of hydrogen-bond donors (Lipinski definition) is 0. The van der Waals surface area contributed by atoms with Crippen LogP contribution in [0.5, 0.6) is 0 Å². The van der Waals surface area contributed by atoms with Crippen LogP contribution in [0.25, 0.3) is 0 Å². The average Bonchev–Trinajstić information content (AvgIpc) is 2.33. The Labute approximate surface area is 93.2 Å². The highest BCUT2D eigenvalue weighted by Crippen LogP contribution is 2.01. The molecule has 1 rings (SSSR count). The van der Waals surface area contributed by atoms with E-state index in [1.807, 2.05) is 0 Å². The summed E-state index contributed by atoms with van der Waals surface area (Å²) in [6, 6.07) is 3.43. The number of rotatable bonds is 4. The van der Waals surface area contributed by atoms with Crippen molar-refractivity contribution in [2.75, 3.05) is 0 Å². The Kier molecular flexibility index (Phi) is 8.74. The second-order valence-corrected chi connectivity index (χ2v) is 3.49. The lowest BCUT2D eigenvalue weighted by atomic mass is 9.44. The lowest BCUT2D eigenvalue weighted by molar-refractivity contribution is 0.112. The number of carbonyl (C=O) groups is 1. The maximum Gasteiger partial charge on any atom is 0.151 e. The van der Waals surface area contributed by atoms with Crippen molar-refractivity contribution in [2.24, 2.45) is 0 Å². The number of carbonyl (C=O) groups excluding carboxylic acids is 1. The highest BCUT2D eigenvalue weighted by molar-refractivity contribution is 6.58. The molecule has 0 aliphatic heterocycles. The van der Waals surface area contributed by atoms with Gasteiger partial charge in [-0.25, -0.2) is 0 Å². The van der Waals surface area contributed by atoms with E-state index in [1.165, 1.54) is 25.2 Å². The molecule has 0 saturated heterocycles. The van der Waals surface area contributed by atoms with Gasteiger partial charge in [0, 0.05) is 18.0 Å². The normalized spacial score (nSPS) is 8.73. The Morgan fingerprint density at radius 2 is 1.87 bits per heavy atom. The zero-order valence-corrected chi connectivity index (χ0v) is 9.94. The van der Waals surface area contributed by atoms with Crippen molar-refractivity contribution >= 4 is 13.0 Å². The molecule has 1 heterocycles. The SMILES string of the molecule is CCB(CC)CC.O=Cc1cccnc1. The Bertz CT molecular complexity index is 242. The van der Waals surface area contributed by atoms with Crippen molar-refractivity contribution in [1.29, 1.82) is 0 Å². The van der Waals surface area contributed by atoms with Crippen molar-refractivity contribution in [3.8, 4) is 0 Å². The Hall–Kier alpha value is -1.12. The van der Waals surface area contributed by atoms with Crippen molar-refractivity contribution in [1.82, 2.24) is 4.98 Å². The monoisotopic (exact) mass is 205 g/mol. The van der Waals surface area contributed by atoms with E-state index < -0.39 is 0 Å². The lowest BCUT2D eigenvalue weighted by Crippen LogP contribution is -2.04. The molecular formula is C12H20BNO. The van der Waals surface area contributed by atoms with Crippen LogP contribution in [0.4, 0.5) is 0 Å². The molecule has 0 atom stereocenters. The number of aldehydes is 1. The van der Waals surface area contributed by atoms with Crippen LogP contribution in [0.3, 0.4) is 0 Å². The van der Waals surface area contributed by atoms with Gasteiger partial charge >= 0.3 is 0 Å². The molecule has 0 bridgehead atoms. The third kappa shape index (κ3) is 6.89.